The number of thioether (sulfide) groups is 1. The van der Waals surface area contributed by atoms with Crippen molar-refractivity contribution in [2.45, 2.75) is 36.2 Å². The number of hydrogen-bond donors (Lipinski definition) is 0. The molecule has 0 aliphatic carbocycles. The number of rotatable bonds is 5. The molecule has 0 spiro atoms. The summed E-state index contributed by atoms with van der Waals surface area (Å²) in [5.41, 5.74) is 1.34. The molecular weight excluding hydrogens is 405 g/mol. The van der Waals surface area contributed by atoms with Crippen LogP contribution in [0.5, 0.6) is 0 Å². The number of likely N-dealkylation sites (tertiary alicyclic amines) is 1. The average molecular weight is 425 g/mol. The van der Waals surface area contributed by atoms with Crippen LogP contribution in [0.1, 0.15) is 35.2 Å². The lowest BCUT2D eigenvalue weighted by Crippen LogP contribution is -2.41. The highest BCUT2D eigenvalue weighted by Gasteiger charge is 2.33. The van der Waals surface area contributed by atoms with Gasteiger partial charge in [0.1, 0.15) is 5.82 Å². The summed E-state index contributed by atoms with van der Waals surface area (Å²) in [4.78, 5) is 27.3. The van der Waals surface area contributed by atoms with Crippen LogP contribution in [0.15, 0.2) is 59.8 Å². The number of carbonyl (C=O) groups is 2. The van der Waals surface area contributed by atoms with Gasteiger partial charge in [-0.1, -0.05) is 48.5 Å². The lowest BCUT2D eigenvalue weighted by molar-refractivity contribution is -0.127. The number of carbonyl (C=O) groups excluding carboxylic acids is 2. The van der Waals surface area contributed by atoms with E-state index < -0.39 is 17.0 Å². The first kappa shape index (κ1) is 20.2. The Morgan fingerprint density at radius 3 is 2.63 bits per heavy atom. The SMILES string of the molecule is O=C(c1ccc(F)cc1)N1CCCCC(Sc2nnnn2Cc2ccccc2)C1=O. The number of halogens is 1. The molecule has 7 nitrogen and oxygen atoms in total. The summed E-state index contributed by atoms with van der Waals surface area (Å²) < 4.78 is 14.8. The molecule has 3 aromatic rings. The monoisotopic (exact) mass is 425 g/mol. The van der Waals surface area contributed by atoms with Crippen LogP contribution >= 0.6 is 11.8 Å². The van der Waals surface area contributed by atoms with Crippen LogP contribution < -0.4 is 0 Å². The van der Waals surface area contributed by atoms with Crippen molar-refractivity contribution in [2.75, 3.05) is 6.54 Å². The van der Waals surface area contributed by atoms with Crippen LogP contribution in [-0.2, 0) is 11.3 Å². The van der Waals surface area contributed by atoms with E-state index in [1.807, 2.05) is 30.3 Å². The molecule has 1 saturated heterocycles. The number of aromatic nitrogens is 4. The maximum absolute atomic E-state index is 13.2. The molecule has 30 heavy (non-hydrogen) atoms. The number of nitrogens with zero attached hydrogens (tertiary/aromatic N) is 5. The summed E-state index contributed by atoms with van der Waals surface area (Å²) >= 11 is 1.28. The molecule has 1 aromatic heterocycles. The fourth-order valence-corrected chi connectivity index (χ4v) is 4.40. The molecule has 9 heteroatoms. The third-order valence-corrected chi connectivity index (χ3v) is 6.12. The summed E-state index contributed by atoms with van der Waals surface area (Å²) in [5, 5.41) is 12.0. The Morgan fingerprint density at radius 2 is 1.87 bits per heavy atom. The Labute approximate surface area is 177 Å². The molecule has 0 radical (unpaired) electrons. The first-order valence-electron chi connectivity index (χ1n) is 9.70. The maximum Gasteiger partial charge on any atom is 0.260 e. The van der Waals surface area contributed by atoms with E-state index in [2.05, 4.69) is 15.5 Å². The normalized spacial score (nSPS) is 17.0. The van der Waals surface area contributed by atoms with E-state index in [1.54, 1.807) is 4.68 Å². The van der Waals surface area contributed by atoms with Crippen LogP contribution in [0, 0.1) is 5.82 Å². The molecule has 2 amide bonds. The van der Waals surface area contributed by atoms with Gasteiger partial charge in [0.25, 0.3) is 5.91 Å². The molecular formula is C21H20FN5O2S. The minimum absolute atomic E-state index is 0.263. The predicted molar refractivity (Wildman–Crippen MR) is 109 cm³/mol. The summed E-state index contributed by atoms with van der Waals surface area (Å²) in [5.74, 6) is -1.09. The van der Waals surface area contributed by atoms with Crippen molar-refractivity contribution in [3.8, 4) is 0 Å². The summed E-state index contributed by atoms with van der Waals surface area (Å²) in [6.07, 6.45) is 2.18. The second-order valence-corrected chi connectivity index (χ2v) is 8.18. The summed E-state index contributed by atoms with van der Waals surface area (Å²) in [7, 11) is 0. The number of hydrogen-bond acceptors (Lipinski definition) is 6. The standard InChI is InChI=1S/C21H20FN5O2S/c22-17-11-9-16(10-12-17)19(28)26-13-5-4-8-18(20(26)29)30-21-23-24-25-27(21)14-15-6-2-1-3-7-15/h1-3,6-7,9-12,18H,4-5,8,13-14H2. The third kappa shape index (κ3) is 4.56. The molecule has 1 unspecified atom stereocenters. The van der Waals surface area contributed by atoms with Crippen molar-refractivity contribution in [1.82, 2.24) is 25.1 Å². The largest absolute Gasteiger partial charge is 0.278 e. The van der Waals surface area contributed by atoms with Crippen molar-refractivity contribution in [3.63, 3.8) is 0 Å². The Balaban J connectivity index is 1.50. The molecule has 1 atom stereocenters. The van der Waals surface area contributed by atoms with E-state index in [0.29, 0.717) is 30.2 Å². The fourth-order valence-electron chi connectivity index (χ4n) is 3.33. The summed E-state index contributed by atoms with van der Waals surface area (Å²) in [6.45, 7) is 0.844. The van der Waals surface area contributed by atoms with Gasteiger partial charge in [-0.15, -0.1) is 5.10 Å². The molecule has 0 N–H and O–H groups in total. The van der Waals surface area contributed by atoms with Gasteiger partial charge >= 0.3 is 0 Å². The molecule has 154 valence electrons. The second kappa shape index (κ2) is 9.17. The van der Waals surface area contributed by atoms with Gasteiger partial charge in [-0.3, -0.25) is 14.5 Å². The van der Waals surface area contributed by atoms with Gasteiger partial charge in [0.05, 0.1) is 11.8 Å². The van der Waals surface area contributed by atoms with Crippen molar-refractivity contribution >= 4 is 23.6 Å². The minimum atomic E-state index is -0.461. The lowest BCUT2D eigenvalue weighted by Gasteiger charge is -2.22. The predicted octanol–water partition coefficient (Wildman–Crippen LogP) is 3.17. The highest BCUT2D eigenvalue weighted by atomic mass is 32.2. The van der Waals surface area contributed by atoms with Crippen LogP contribution in [0.4, 0.5) is 4.39 Å². The van der Waals surface area contributed by atoms with Crippen LogP contribution in [0.3, 0.4) is 0 Å². The number of amides is 2. The van der Waals surface area contributed by atoms with Gasteiger partial charge in [-0.2, -0.15) is 0 Å². The topological polar surface area (TPSA) is 81.0 Å². The molecule has 1 aliphatic heterocycles. The molecule has 0 bridgehead atoms. The average Bonchev–Trinajstić information content (AvgIpc) is 3.11. The molecule has 2 heterocycles. The highest BCUT2D eigenvalue weighted by molar-refractivity contribution is 8.00. The quantitative estimate of drug-likeness (QED) is 0.584. The van der Waals surface area contributed by atoms with E-state index in [0.717, 1.165) is 18.4 Å². The van der Waals surface area contributed by atoms with Crippen LogP contribution in [0.2, 0.25) is 0 Å². The Bertz CT molecular complexity index is 1030. The Kier molecular flexibility index (Phi) is 6.18. The van der Waals surface area contributed by atoms with Crippen molar-refractivity contribution < 1.29 is 14.0 Å². The molecule has 1 aliphatic rings. The third-order valence-electron chi connectivity index (χ3n) is 4.90. The highest BCUT2D eigenvalue weighted by Crippen LogP contribution is 2.29. The van der Waals surface area contributed by atoms with Gasteiger partial charge in [0, 0.05) is 12.1 Å². The smallest absolute Gasteiger partial charge is 0.260 e. The van der Waals surface area contributed by atoms with Gasteiger partial charge in [0.15, 0.2) is 0 Å². The minimum Gasteiger partial charge on any atom is -0.278 e. The molecule has 2 aromatic carbocycles. The van der Waals surface area contributed by atoms with Gasteiger partial charge in [-0.05, 0) is 53.1 Å². The zero-order valence-electron chi connectivity index (χ0n) is 16.1. The van der Waals surface area contributed by atoms with Crippen molar-refractivity contribution in [2.24, 2.45) is 0 Å². The first-order chi connectivity index (χ1) is 14.6. The van der Waals surface area contributed by atoms with E-state index in [-0.39, 0.29) is 5.91 Å². The Morgan fingerprint density at radius 1 is 1.10 bits per heavy atom. The second-order valence-electron chi connectivity index (χ2n) is 7.01. The zero-order valence-corrected chi connectivity index (χ0v) is 17.0. The number of benzene rings is 2. The zero-order chi connectivity index (χ0) is 20.9. The maximum atomic E-state index is 13.2. The molecule has 1 fully saturated rings. The Hall–Kier alpha value is -3.07. The fraction of sp³-hybridized carbons (Fsp3) is 0.286. The first-order valence-corrected chi connectivity index (χ1v) is 10.6. The van der Waals surface area contributed by atoms with Gasteiger partial charge in [-0.25, -0.2) is 9.07 Å². The van der Waals surface area contributed by atoms with Crippen LogP contribution in [-0.4, -0.2) is 48.7 Å². The van der Waals surface area contributed by atoms with Gasteiger partial charge in [0.2, 0.25) is 11.1 Å². The van der Waals surface area contributed by atoms with E-state index in [4.69, 9.17) is 0 Å². The van der Waals surface area contributed by atoms with Crippen molar-refractivity contribution in [1.29, 1.82) is 0 Å². The van der Waals surface area contributed by atoms with Crippen molar-refractivity contribution in [3.05, 3.63) is 71.5 Å². The molecule has 4 rings (SSSR count). The number of imide groups is 1. The number of tetrazole rings is 1. The van der Waals surface area contributed by atoms with Crippen LogP contribution in [0.25, 0.3) is 0 Å². The van der Waals surface area contributed by atoms with E-state index >= 15 is 0 Å². The van der Waals surface area contributed by atoms with Gasteiger partial charge < -0.3 is 0 Å². The van der Waals surface area contributed by atoms with E-state index in [1.165, 1.54) is 40.9 Å². The summed E-state index contributed by atoms with van der Waals surface area (Å²) in [6, 6.07) is 15.0. The molecule has 0 saturated carbocycles. The van der Waals surface area contributed by atoms with E-state index in [9.17, 15) is 14.0 Å². The lowest BCUT2D eigenvalue weighted by atomic mass is 10.2.